The van der Waals surface area contributed by atoms with Crippen LogP contribution in [0.4, 0.5) is 5.69 Å². The maximum atomic E-state index is 10.9. The van der Waals surface area contributed by atoms with Crippen molar-refractivity contribution in [2.24, 2.45) is 0 Å². The number of nitro groups is 1. The van der Waals surface area contributed by atoms with E-state index in [1.165, 1.54) is 35.1 Å². The highest BCUT2D eigenvalue weighted by Gasteiger charge is 2.14. The number of hydrogen-bond donors (Lipinski definition) is 1. The first-order valence-electron chi connectivity index (χ1n) is 5.03. The lowest BCUT2D eigenvalue weighted by Crippen LogP contribution is -2.02. The number of rotatable bonds is 3. The monoisotopic (exact) mass is 247 g/mol. The maximum Gasteiger partial charge on any atom is 0.339 e. The molecule has 0 saturated heterocycles. The predicted molar refractivity (Wildman–Crippen MR) is 61.9 cm³/mol. The highest BCUT2D eigenvalue weighted by atomic mass is 16.6. The van der Waals surface area contributed by atoms with E-state index < -0.39 is 10.9 Å². The number of nitrogens with zero attached hydrogens (tertiary/aromatic N) is 3. The van der Waals surface area contributed by atoms with E-state index in [1.54, 1.807) is 6.92 Å². The van der Waals surface area contributed by atoms with Crippen LogP contribution in [-0.2, 0) is 0 Å². The summed E-state index contributed by atoms with van der Waals surface area (Å²) < 4.78 is 1.42. The fourth-order valence-electron chi connectivity index (χ4n) is 1.60. The van der Waals surface area contributed by atoms with Gasteiger partial charge >= 0.3 is 5.97 Å². The number of aromatic nitrogens is 2. The third-order valence-electron chi connectivity index (χ3n) is 2.55. The van der Waals surface area contributed by atoms with E-state index in [1.807, 2.05) is 0 Å². The van der Waals surface area contributed by atoms with Crippen molar-refractivity contribution < 1.29 is 14.8 Å². The van der Waals surface area contributed by atoms with Gasteiger partial charge in [-0.1, -0.05) is 0 Å². The Morgan fingerprint density at radius 3 is 2.44 bits per heavy atom. The molecule has 1 N–H and O–H groups in total. The minimum Gasteiger partial charge on any atom is -0.478 e. The van der Waals surface area contributed by atoms with Crippen molar-refractivity contribution in [3.05, 3.63) is 51.8 Å². The van der Waals surface area contributed by atoms with Crippen LogP contribution in [0.1, 0.15) is 16.1 Å². The summed E-state index contributed by atoms with van der Waals surface area (Å²) in [5, 5.41) is 23.4. The Bertz CT molecular complexity index is 616. The number of aromatic carboxylic acids is 1. The smallest absolute Gasteiger partial charge is 0.339 e. The molecule has 18 heavy (non-hydrogen) atoms. The number of carboxylic acid groups (broad SMARTS) is 1. The molecular weight excluding hydrogens is 238 g/mol. The molecule has 2 aromatic rings. The van der Waals surface area contributed by atoms with Crippen LogP contribution in [0.2, 0.25) is 0 Å². The Balaban J connectivity index is 2.43. The van der Waals surface area contributed by atoms with Gasteiger partial charge in [-0.2, -0.15) is 5.10 Å². The maximum absolute atomic E-state index is 10.9. The first-order chi connectivity index (χ1) is 8.50. The van der Waals surface area contributed by atoms with Crippen molar-refractivity contribution in [1.82, 2.24) is 9.78 Å². The van der Waals surface area contributed by atoms with Crippen LogP contribution in [0.3, 0.4) is 0 Å². The van der Waals surface area contributed by atoms with E-state index >= 15 is 0 Å². The Labute approximate surface area is 101 Å². The molecule has 0 fully saturated rings. The van der Waals surface area contributed by atoms with Gasteiger partial charge < -0.3 is 5.11 Å². The molecule has 0 atom stereocenters. The molecule has 1 aromatic heterocycles. The number of carbonyl (C=O) groups is 1. The van der Waals surface area contributed by atoms with Crippen LogP contribution in [0.15, 0.2) is 30.5 Å². The topological polar surface area (TPSA) is 98.3 Å². The van der Waals surface area contributed by atoms with Crippen LogP contribution in [0.5, 0.6) is 0 Å². The van der Waals surface area contributed by atoms with Gasteiger partial charge in [-0.25, -0.2) is 9.48 Å². The Hall–Kier alpha value is -2.70. The van der Waals surface area contributed by atoms with Crippen molar-refractivity contribution in [2.75, 3.05) is 0 Å². The van der Waals surface area contributed by atoms with E-state index in [0.717, 1.165) is 0 Å². The second kappa shape index (κ2) is 4.28. The van der Waals surface area contributed by atoms with Gasteiger partial charge in [-0.15, -0.1) is 0 Å². The van der Waals surface area contributed by atoms with Crippen LogP contribution in [0.25, 0.3) is 5.69 Å². The molecule has 0 unspecified atom stereocenters. The highest BCUT2D eigenvalue weighted by molar-refractivity contribution is 5.88. The van der Waals surface area contributed by atoms with Crippen molar-refractivity contribution in [3.8, 4) is 5.69 Å². The standard InChI is InChI=1S/C11H9N3O4/c1-7-10(11(15)16)6-12-13(7)8-2-4-9(5-3-8)14(17)18/h2-6H,1H3,(H,15,16). The van der Waals surface area contributed by atoms with Crippen molar-refractivity contribution in [3.63, 3.8) is 0 Å². The number of non-ortho nitro benzene ring substituents is 1. The zero-order chi connectivity index (χ0) is 13.3. The van der Waals surface area contributed by atoms with Gasteiger partial charge in [0.1, 0.15) is 5.56 Å². The predicted octanol–water partition coefficient (Wildman–Crippen LogP) is 1.79. The zero-order valence-electron chi connectivity index (χ0n) is 9.40. The summed E-state index contributed by atoms with van der Waals surface area (Å²) in [6, 6.07) is 5.72. The Morgan fingerprint density at radius 1 is 1.39 bits per heavy atom. The minimum atomic E-state index is -1.05. The zero-order valence-corrected chi connectivity index (χ0v) is 9.40. The summed E-state index contributed by atoms with van der Waals surface area (Å²) in [5.41, 5.74) is 1.12. The third kappa shape index (κ3) is 1.93. The largest absolute Gasteiger partial charge is 0.478 e. The molecule has 0 bridgehead atoms. The van der Waals surface area contributed by atoms with Crippen LogP contribution in [-0.4, -0.2) is 25.8 Å². The number of hydrogen-bond acceptors (Lipinski definition) is 4. The minimum absolute atomic E-state index is 0.0259. The molecule has 1 heterocycles. The van der Waals surface area contributed by atoms with Gasteiger partial charge in [0.25, 0.3) is 5.69 Å². The van der Waals surface area contributed by atoms with Crippen LogP contribution >= 0.6 is 0 Å². The van der Waals surface area contributed by atoms with Gasteiger partial charge in [0.05, 0.1) is 22.5 Å². The summed E-state index contributed by atoms with van der Waals surface area (Å²) in [7, 11) is 0. The number of benzene rings is 1. The van der Waals surface area contributed by atoms with E-state index in [0.29, 0.717) is 11.4 Å². The normalized spacial score (nSPS) is 10.3. The molecule has 1 aromatic carbocycles. The average molecular weight is 247 g/mol. The molecule has 0 saturated carbocycles. The molecule has 7 nitrogen and oxygen atoms in total. The summed E-state index contributed by atoms with van der Waals surface area (Å²) >= 11 is 0. The van der Waals surface area contributed by atoms with Gasteiger partial charge in [0.15, 0.2) is 0 Å². The first kappa shape index (κ1) is 11.8. The molecule has 0 aliphatic rings. The van der Waals surface area contributed by atoms with Gasteiger partial charge in [0.2, 0.25) is 0 Å². The molecule has 0 aliphatic carbocycles. The lowest BCUT2D eigenvalue weighted by atomic mass is 10.2. The quantitative estimate of drug-likeness (QED) is 0.658. The Kier molecular flexibility index (Phi) is 2.80. The second-order valence-corrected chi connectivity index (χ2v) is 3.63. The molecule has 0 spiro atoms. The molecule has 2 rings (SSSR count). The fraction of sp³-hybridized carbons (Fsp3) is 0.0909. The first-order valence-corrected chi connectivity index (χ1v) is 5.03. The molecule has 7 heteroatoms. The van der Waals surface area contributed by atoms with Crippen molar-refractivity contribution >= 4 is 11.7 Å². The second-order valence-electron chi connectivity index (χ2n) is 3.63. The Morgan fingerprint density at radius 2 is 2.00 bits per heavy atom. The average Bonchev–Trinajstić information content (AvgIpc) is 2.71. The van der Waals surface area contributed by atoms with Gasteiger partial charge in [-0.3, -0.25) is 10.1 Å². The van der Waals surface area contributed by atoms with E-state index in [4.69, 9.17) is 5.11 Å². The molecular formula is C11H9N3O4. The van der Waals surface area contributed by atoms with Crippen LogP contribution < -0.4 is 0 Å². The lowest BCUT2D eigenvalue weighted by Gasteiger charge is -2.03. The molecule has 0 amide bonds. The summed E-state index contributed by atoms with van der Waals surface area (Å²) in [6.45, 7) is 1.62. The van der Waals surface area contributed by atoms with Gasteiger partial charge in [0, 0.05) is 12.1 Å². The van der Waals surface area contributed by atoms with Crippen molar-refractivity contribution in [1.29, 1.82) is 0 Å². The van der Waals surface area contributed by atoms with Crippen LogP contribution in [0, 0.1) is 17.0 Å². The molecule has 92 valence electrons. The summed E-state index contributed by atoms with van der Waals surface area (Å²) in [5.74, 6) is -1.05. The van der Waals surface area contributed by atoms with Crippen molar-refractivity contribution in [2.45, 2.75) is 6.92 Å². The summed E-state index contributed by atoms with van der Waals surface area (Å²) in [6.07, 6.45) is 1.25. The number of carboxylic acids is 1. The third-order valence-corrected chi connectivity index (χ3v) is 2.55. The fourth-order valence-corrected chi connectivity index (χ4v) is 1.60. The summed E-state index contributed by atoms with van der Waals surface area (Å²) in [4.78, 5) is 20.9. The molecule has 0 aliphatic heterocycles. The lowest BCUT2D eigenvalue weighted by molar-refractivity contribution is -0.384. The van der Waals surface area contributed by atoms with E-state index in [2.05, 4.69) is 5.10 Å². The van der Waals surface area contributed by atoms with E-state index in [9.17, 15) is 14.9 Å². The van der Waals surface area contributed by atoms with Gasteiger partial charge in [-0.05, 0) is 19.1 Å². The van der Waals surface area contributed by atoms with E-state index in [-0.39, 0.29) is 11.3 Å². The SMILES string of the molecule is Cc1c(C(=O)O)cnn1-c1ccc([N+](=O)[O-])cc1. The highest BCUT2D eigenvalue weighted by Crippen LogP contribution is 2.17. The number of nitro benzene ring substituents is 1. The molecule has 0 radical (unpaired) electrons.